The van der Waals surface area contributed by atoms with E-state index < -0.39 is 0 Å². The van der Waals surface area contributed by atoms with Crippen LogP contribution in [-0.2, 0) is 0 Å². The summed E-state index contributed by atoms with van der Waals surface area (Å²) in [6.45, 7) is 2.36. The van der Waals surface area contributed by atoms with Crippen molar-refractivity contribution in [3.63, 3.8) is 0 Å². The maximum absolute atomic E-state index is 5.73. The minimum atomic E-state index is 0.588. The molecule has 0 radical (unpaired) electrons. The quantitative estimate of drug-likeness (QED) is 0.690. The number of hydrogen-bond donors (Lipinski definition) is 1. The largest absolute Gasteiger partial charge is 0.315 e. The van der Waals surface area contributed by atoms with Crippen molar-refractivity contribution in [2.45, 2.75) is 12.3 Å². The third-order valence-corrected chi connectivity index (χ3v) is 3.52. The number of nitrogens with zero attached hydrogens (tertiary/aromatic N) is 1. The van der Waals surface area contributed by atoms with E-state index in [1.165, 1.54) is 25.1 Å². The van der Waals surface area contributed by atoms with Crippen LogP contribution in [0.1, 0.15) is 17.9 Å². The first-order valence-corrected chi connectivity index (χ1v) is 5.00. The Morgan fingerprint density at radius 2 is 2.31 bits per heavy atom. The van der Waals surface area contributed by atoms with Crippen molar-refractivity contribution < 1.29 is 0 Å². The average molecular weight is 195 g/mol. The Morgan fingerprint density at radius 1 is 1.46 bits per heavy atom. The molecule has 1 saturated heterocycles. The summed E-state index contributed by atoms with van der Waals surface area (Å²) in [4.78, 5) is 4.11. The van der Waals surface area contributed by atoms with E-state index in [1.54, 1.807) is 0 Å². The van der Waals surface area contributed by atoms with Crippen LogP contribution in [0.2, 0.25) is 5.15 Å². The monoisotopic (exact) mass is 194 g/mol. The number of hydrogen-bond acceptors (Lipinski definition) is 2. The van der Waals surface area contributed by atoms with Gasteiger partial charge in [0.25, 0.3) is 0 Å². The minimum Gasteiger partial charge on any atom is -0.315 e. The van der Waals surface area contributed by atoms with Gasteiger partial charge in [0.15, 0.2) is 0 Å². The summed E-state index contributed by atoms with van der Waals surface area (Å²) < 4.78 is 0. The number of aromatic nitrogens is 1. The molecule has 3 rings (SSSR count). The van der Waals surface area contributed by atoms with Crippen molar-refractivity contribution in [2.75, 3.05) is 13.1 Å². The van der Waals surface area contributed by atoms with E-state index in [1.807, 2.05) is 12.3 Å². The van der Waals surface area contributed by atoms with Crippen LogP contribution in [-0.4, -0.2) is 18.1 Å². The summed E-state index contributed by atoms with van der Waals surface area (Å²) >= 11 is 5.73. The van der Waals surface area contributed by atoms with Gasteiger partial charge in [0.1, 0.15) is 5.15 Å². The Bertz CT molecular complexity index is 329. The van der Waals surface area contributed by atoms with Crippen LogP contribution in [0.4, 0.5) is 0 Å². The molecule has 0 aromatic carbocycles. The molecule has 0 bridgehead atoms. The third kappa shape index (κ3) is 1.09. The zero-order valence-electron chi connectivity index (χ0n) is 7.26. The van der Waals surface area contributed by atoms with Gasteiger partial charge < -0.3 is 5.32 Å². The van der Waals surface area contributed by atoms with E-state index in [9.17, 15) is 0 Å². The maximum Gasteiger partial charge on any atom is 0.129 e. The fourth-order valence-corrected chi connectivity index (χ4v) is 2.36. The fraction of sp³-hybridized carbons (Fsp3) is 0.500. The van der Waals surface area contributed by atoms with Crippen molar-refractivity contribution in [3.05, 3.63) is 29.0 Å². The van der Waals surface area contributed by atoms with Gasteiger partial charge in [0.2, 0.25) is 0 Å². The van der Waals surface area contributed by atoms with Crippen molar-refractivity contribution in [2.24, 2.45) is 5.41 Å². The summed E-state index contributed by atoms with van der Waals surface area (Å²) in [7, 11) is 0. The number of pyridine rings is 1. The van der Waals surface area contributed by atoms with Gasteiger partial charge in [0.05, 0.1) is 0 Å². The van der Waals surface area contributed by atoms with Crippen molar-refractivity contribution >= 4 is 11.6 Å². The predicted octanol–water partition coefficient (Wildman–Crippen LogP) is 1.81. The molecular formula is C10H11ClN2. The van der Waals surface area contributed by atoms with Crippen LogP contribution in [0.5, 0.6) is 0 Å². The summed E-state index contributed by atoms with van der Waals surface area (Å²) in [5.41, 5.74) is 1.95. The molecule has 1 aliphatic heterocycles. The molecule has 1 spiro atoms. The lowest BCUT2D eigenvalue weighted by atomic mass is 9.94. The second-order valence-electron chi connectivity index (χ2n) is 4.14. The van der Waals surface area contributed by atoms with E-state index in [-0.39, 0.29) is 0 Å². The van der Waals surface area contributed by atoms with Crippen LogP contribution in [0.15, 0.2) is 18.3 Å². The van der Waals surface area contributed by atoms with Crippen molar-refractivity contribution in [1.29, 1.82) is 0 Å². The molecule has 1 saturated carbocycles. The Balaban J connectivity index is 1.83. The van der Waals surface area contributed by atoms with Gasteiger partial charge in [0, 0.05) is 24.7 Å². The van der Waals surface area contributed by atoms with Gasteiger partial charge in [-0.2, -0.15) is 0 Å². The normalized spacial score (nSPS) is 28.5. The first-order chi connectivity index (χ1) is 6.30. The molecule has 68 valence electrons. The first kappa shape index (κ1) is 7.77. The lowest BCUT2D eigenvalue weighted by Gasteiger charge is -2.28. The smallest absolute Gasteiger partial charge is 0.129 e. The minimum absolute atomic E-state index is 0.588. The van der Waals surface area contributed by atoms with E-state index in [2.05, 4.69) is 16.4 Å². The Kier molecular flexibility index (Phi) is 1.47. The molecule has 2 heterocycles. The molecule has 2 aliphatic rings. The van der Waals surface area contributed by atoms with E-state index in [0.717, 1.165) is 5.92 Å². The zero-order chi connectivity index (χ0) is 8.89. The number of rotatable bonds is 1. The first-order valence-electron chi connectivity index (χ1n) is 4.62. The summed E-state index contributed by atoms with van der Waals surface area (Å²) in [5.74, 6) is 0.735. The predicted molar refractivity (Wildman–Crippen MR) is 51.9 cm³/mol. The lowest BCUT2D eigenvalue weighted by Crippen LogP contribution is -2.44. The highest BCUT2D eigenvalue weighted by molar-refractivity contribution is 6.29. The van der Waals surface area contributed by atoms with Crippen LogP contribution >= 0.6 is 11.6 Å². The molecule has 1 aromatic rings. The molecular weight excluding hydrogens is 184 g/mol. The topological polar surface area (TPSA) is 24.9 Å². The molecule has 3 heteroatoms. The molecule has 2 nitrogen and oxygen atoms in total. The third-order valence-electron chi connectivity index (χ3n) is 3.30. The van der Waals surface area contributed by atoms with Crippen LogP contribution in [0, 0.1) is 5.41 Å². The SMILES string of the molecule is Clc1ccc(C2CC23CNC3)cn1. The Morgan fingerprint density at radius 3 is 2.77 bits per heavy atom. The summed E-state index contributed by atoms with van der Waals surface area (Å²) in [6.07, 6.45) is 3.24. The number of halogens is 1. The molecule has 2 fully saturated rings. The highest BCUT2D eigenvalue weighted by Crippen LogP contribution is 2.61. The standard InChI is InChI=1S/C10H11ClN2/c11-9-2-1-7(4-13-9)8-3-10(8)5-12-6-10/h1-2,4,8,12H,3,5-6H2. The Hall–Kier alpha value is -0.600. The summed E-state index contributed by atoms with van der Waals surface area (Å²) in [5, 5.41) is 3.92. The molecule has 13 heavy (non-hydrogen) atoms. The second kappa shape index (κ2) is 2.46. The van der Waals surface area contributed by atoms with Gasteiger partial charge >= 0.3 is 0 Å². The van der Waals surface area contributed by atoms with Gasteiger partial charge in [-0.25, -0.2) is 4.98 Å². The van der Waals surface area contributed by atoms with Gasteiger partial charge in [-0.1, -0.05) is 17.7 Å². The molecule has 1 aromatic heterocycles. The maximum atomic E-state index is 5.73. The zero-order valence-corrected chi connectivity index (χ0v) is 8.01. The van der Waals surface area contributed by atoms with Crippen LogP contribution in [0.25, 0.3) is 0 Å². The molecule has 1 aliphatic carbocycles. The highest BCUT2D eigenvalue weighted by Gasteiger charge is 2.58. The van der Waals surface area contributed by atoms with E-state index in [4.69, 9.17) is 11.6 Å². The molecule has 1 N–H and O–H groups in total. The molecule has 0 amide bonds. The second-order valence-corrected chi connectivity index (χ2v) is 4.52. The van der Waals surface area contributed by atoms with E-state index in [0.29, 0.717) is 10.6 Å². The van der Waals surface area contributed by atoms with Crippen LogP contribution in [0.3, 0.4) is 0 Å². The average Bonchev–Trinajstić information content (AvgIpc) is 2.80. The molecule has 1 unspecified atom stereocenters. The van der Waals surface area contributed by atoms with Gasteiger partial charge in [-0.3, -0.25) is 0 Å². The van der Waals surface area contributed by atoms with Crippen molar-refractivity contribution in [3.8, 4) is 0 Å². The highest BCUT2D eigenvalue weighted by atomic mass is 35.5. The van der Waals surface area contributed by atoms with Gasteiger partial charge in [-0.05, 0) is 24.0 Å². The Labute approximate surface area is 82.3 Å². The summed E-state index contributed by atoms with van der Waals surface area (Å²) in [6, 6.07) is 3.99. The van der Waals surface area contributed by atoms with Crippen LogP contribution < -0.4 is 5.32 Å². The fourth-order valence-electron chi connectivity index (χ4n) is 2.25. The number of nitrogens with one attached hydrogen (secondary N) is 1. The van der Waals surface area contributed by atoms with E-state index >= 15 is 0 Å². The molecule has 1 atom stereocenters. The van der Waals surface area contributed by atoms with Crippen molar-refractivity contribution in [1.82, 2.24) is 10.3 Å². The van der Waals surface area contributed by atoms with Gasteiger partial charge in [-0.15, -0.1) is 0 Å². The lowest BCUT2D eigenvalue weighted by molar-refractivity contribution is 0.312.